The van der Waals surface area contributed by atoms with Crippen molar-refractivity contribution < 1.29 is 14.3 Å². The van der Waals surface area contributed by atoms with E-state index in [1.165, 1.54) is 11.1 Å². The van der Waals surface area contributed by atoms with E-state index in [-0.39, 0.29) is 17.1 Å². The molecule has 0 saturated heterocycles. The van der Waals surface area contributed by atoms with Crippen LogP contribution in [0.3, 0.4) is 0 Å². The number of ether oxygens (including phenoxy) is 2. The molecule has 0 radical (unpaired) electrons. The highest BCUT2D eigenvalue weighted by Crippen LogP contribution is 2.60. The summed E-state index contributed by atoms with van der Waals surface area (Å²) in [6.07, 6.45) is 6.33. The van der Waals surface area contributed by atoms with Crippen LogP contribution in [-0.4, -0.2) is 32.1 Å². The van der Waals surface area contributed by atoms with Gasteiger partial charge < -0.3 is 14.8 Å². The zero-order valence-electron chi connectivity index (χ0n) is 13.9. The van der Waals surface area contributed by atoms with Crippen LogP contribution in [-0.2, 0) is 16.6 Å². The Hall–Kier alpha value is -1.81. The van der Waals surface area contributed by atoms with Crippen molar-refractivity contribution in [1.29, 1.82) is 0 Å². The highest BCUT2D eigenvalue weighted by Gasteiger charge is 2.61. The number of hydrogen-bond acceptors (Lipinski definition) is 4. The van der Waals surface area contributed by atoms with Crippen LogP contribution in [0.5, 0.6) is 11.5 Å². The molecule has 0 spiro atoms. The number of likely N-dealkylation sites (N-methyl/N-ethyl adjacent to an activating group) is 1. The number of carbonyl (C=O) groups is 1. The largest absolute Gasteiger partial charge is 0.493 e. The monoisotopic (exact) mass is 313 g/mol. The first-order chi connectivity index (χ1) is 11.2. The minimum absolute atomic E-state index is 0.0793. The molecule has 2 aliphatic carbocycles. The molecular formula is C19H23NO3. The fourth-order valence-corrected chi connectivity index (χ4v) is 5.00. The highest BCUT2D eigenvalue weighted by atomic mass is 16.5. The maximum Gasteiger partial charge on any atom is 0.196 e. The molecule has 0 saturated carbocycles. The zero-order chi connectivity index (χ0) is 16.2. The summed E-state index contributed by atoms with van der Waals surface area (Å²) in [5.74, 6) is 1.88. The van der Waals surface area contributed by atoms with Crippen LogP contribution in [0, 0.1) is 5.92 Å². The Bertz CT molecular complexity index is 696. The molecule has 0 aromatic heterocycles. The molecule has 122 valence electrons. The predicted octanol–water partition coefficient (Wildman–Crippen LogP) is 2.39. The third-order valence-electron chi connectivity index (χ3n) is 5.83. The molecule has 0 fully saturated rings. The Morgan fingerprint density at radius 1 is 1.43 bits per heavy atom. The van der Waals surface area contributed by atoms with Gasteiger partial charge in [0.1, 0.15) is 0 Å². The van der Waals surface area contributed by atoms with Gasteiger partial charge in [0.25, 0.3) is 0 Å². The van der Waals surface area contributed by atoms with Crippen molar-refractivity contribution in [2.75, 3.05) is 14.2 Å². The number of rotatable bonds is 4. The molecule has 4 atom stereocenters. The van der Waals surface area contributed by atoms with E-state index in [0.29, 0.717) is 6.04 Å². The van der Waals surface area contributed by atoms with Gasteiger partial charge in [-0.05, 0) is 37.6 Å². The van der Waals surface area contributed by atoms with Crippen molar-refractivity contribution >= 4 is 5.78 Å². The highest BCUT2D eigenvalue weighted by molar-refractivity contribution is 5.98. The molecule has 1 N–H and O–H groups in total. The number of nitrogens with one attached hydrogen (secondary N) is 1. The topological polar surface area (TPSA) is 47.6 Å². The summed E-state index contributed by atoms with van der Waals surface area (Å²) in [5, 5.41) is 3.46. The number of carbonyl (C=O) groups excluding carboxylic acids is 1. The molecular weight excluding hydrogens is 290 g/mol. The Labute approximate surface area is 136 Å². The fourth-order valence-electron chi connectivity index (χ4n) is 5.00. The number of ketones is 1. The summed E-state index contributed by atoms with van der Waals surface area (Å²) < 4.78 is 11.7. The van der Waals surface area contributed by atoms with Crippen LogP contribution in [0.15, 0.2) is 24.3 Å². The van der Waals surface area contributed by atoms with E-state index in [0.717, 1.165) is 30.8 Å². The Morgan fingerprint density at radius 2 is 2.26 bits per heavy atom. The second-order valence-corrected chi connectivity index (χ2v) is 6.81. The molecule has 1 aromatic rings. The van der Waals surface area contributed by atoms with Crippen molar-refractivity contribution in [2.24, 2.45) is 5.92 Å². The standard InChI is InChI=1S/C19H23NO3/c1-4-9-19-12-6-7-14(21)18(19)23-17-15(22-3)8-5-11(16(17)19)10-13(12)20-2/h5-8,12-13,18,20H,4,9-10H2,1-3H3/t12?,13?,18?,19-/m0/s1. The van der Waals surface area contributed by atoms with Gasteiger partial charge in [-0.3, -0.25) is 4.79 Å². The van der Waals surface area contributed by atoms with Crippen molar-refractivity contribution in [3.63, 3.8) is 0 Å². The van der Waals surface area contributed by atoms with Crippen LogP contribution in [0.1, 0.15) is 30.9 Å². The Kier molecular flexibility index (Phi) is 3.27. The van der Waals surface area contributed by atoms with Crippen LogP contribution in [0.4, 0.5) is 0 Å². The smallest absolute Gasteiger partial charge is 0.196 e. The summed E-state index contributed by atoms with van der Waals surface area (Å²) in [5.41, 5.74) is 2.25. The number of methoxy groups -OCH3 is 1. The van der Waals surface area contributed by atoms with Gasteiger partial charge >= 0.3 is 0 Å². The molecule has 23 heavy (non-hydrogen) atoms. The lowest BCUT2D eigenvalue weighted by Crippen LogP contribution is -2.58. The van der Waals surface area contributed by atoms with Crippen LogP contribution in [0.2, 0.25) is 0 Å². The quantitative estimate of drug-likeness (QED) is 0.927. The third kappa shape index (κ3) is 1.73. The summed E-state index contributed by atoms with van der Waals surface area (Å²) in [6.45, 7) is 2.18. The fraction of sp³-hybridized carbons (Fsp3) is 0.526. The lowest BCUT2D eigenvalue weighted by molar-refractivity contribution is -0.125. The average Bonchev–Trinajstić information content (AvgIpc) is 2.91. The van der Waals surface area contributed by atoms with E-state index in [1.54, 1.807) is 13.2 Å². The number of benzene rings is 1. The number of hydrogen-bond donors (Lipinski definition) is 1. The van der Waals surface area contributed by atoms with E-state index in [9.17, 15) is 4.79 Å². The van der Waals surface area contributed by atoms with Gasteiger partial charge in [-0.25, -0.2) is 0 Å². The van der Waals surface area contributed by atoms with E-state index in [4.69, 9.17) is 9.47 Å². The van der Waals surface area contributed by atoms with Crippen molar-refractivity contribution in [1.82, 2.24) is 5.32 Å². The second-order valence-electron chi connectivity index (χ2n) is 6.81. The molecule has 4 heteroatoms. The summed E-state index contributed by atoms with van der Waals surface area (Å²) >= 11 is 0. The first-order valence-electron chi connectivity index (χ1n) is 8.43. The van der Waals surface area contributed by atoms with E-state index >= 15 is 0 Å². The van der Waals surface area contributed by atoms with Gasteiger partial charge in [0, 0.05) is 17.5 Å². The van der Waals surface area contributed by atoms with Gasteiger partial charge in [-0.15, -0.1) is 0 Å². The molecule has 1 aliphatic heterocycles. The molecule has 1 heterocycles. The Balaban J connectivity index is 2.02. The maximum absolute atomic E-state index is 12.6. The second kappa shape index (κ2) is 5.10. The lowest BCUT2D eigenvalue weighted by atomic mass is 9.55. The van der Waals surface area contributed by atoms with Gasteiger partial charge in [0.2, 0.25) is 0 Å². The molecule has 0 amide bonds. The summed E-state index contributed by atoms with van der Waals surface area (Å²) in [6, 6.07) is 4.43. The molecule has 0 bridgehead atoms. The van der Waals surface area contributed by atoms with E-state index in [1.807, 2.05) is 13.1 Å². The van der Waals surface area contributed by atoms with E-state index < -0.39 is 6.10 Å². The summed E-state index contributed by atoms with van der Waals surface area (Å²) in [7, 11) is 3.67. The van der Waals surface area contributed by atoms with Gasteiger partial charge in [0.15, 0.2) is 23.4 Å². The minimum Gasteiger partial charge on any atom is -0.493 e. The normalized spacial score (nSPS) is 33.3. The third-order valence-corrected chi connectivity index (χ3v) is 5.83. The van der Waals surface area contributed by atoms with E-state index in [2.05, 4.69) is 24.4 Å². The SMILES string of the molecule is CCC[C@]12c3c4ccc(OC)c3OC1C(=O)C=CC2C(NC)C4. The molecule has 1 aromatic carbocycles. The van der Waals surface area contributed by atoms with Gasteiger partial charge in [0.05, 0.1) is 12.5 Å². The molecule has 4 nitrogen and oxygen atoms in total. The van der Waals surface area contributed by atoms with Crippen LogP contribution in [0.25, 0.3) is 0 Å². The molecule has 3 aliphatic rings. The van der Waals surface area contributed by atoms with Crippen molar-refractivity contribution in [2.45, 2.75) is 43.7 Å². The molecule has 3 unspecified atom stereocenters. The van der Waals surface area contributed by atoms with Gasteiger partial charge in [-0.1, -0.05) is 25.5 Å². The Morgan fingerprint density at radius 3 is 2.96 bits per heavy atom. The average molecular weight is 313 g/mol. The van der Waals surface area contributed by atoms with Crippen molar-refractivity contribution in [3.8, 4) is 11.5 Å². The first-order valence-corrected chi connectivity index (χ1v) is 8.43. The van der Waals surface area contributed by atoms with Gasteiger partial charge in [-0.2, -0.15) is 0 Å². The summed E-state index contributed by atoms with van der Waals surface area (Å²) in [4.78, 5) is 12.6. The zero-order valence-corrected chi connectivity index (χ0v) is 13.9. The van der Waals surface area contributed by atoms with Crippen LogP contribution >= 0.6 is 0 Å². The molecule has 4 rings (SSSR count). The lowest BCUT2D eigenvalue weighted by Gasteiger charge is -2.48. The van der Waals surface area contributed by atoms with Crippen molar-refractivity contribution in [3.05, 3.63) is 35.4 Å². The predicted molar refractivity (Wildman–Crippen MR) is 88.2 cm³/mol. The van der Waals surface area contributed by atoms with Crippen LogP contribution < -0.4 is 14.8 Å². The maximum atomic E-state index is 12.6. The minimum atomic E-state index is -0.418. The first kappa shape index (κ1) is 14.8.